The summed E-state index contributed by atoms with van der Waals surface area (Å²) in [5, 5.41) is 0. The zero-order valence-corrected chi connectivity index (χ0v) is 8.73. The molecule has 3 heteroatoms. The van der Waals surface area contributed by atoms with Gasteiger partial charge in [0, 0.05) is 18.2 Å². The number of rotatable bonds is 1. The summed E-state index contributed by atoms with van der Waals surface area (Å²) in [6.45, 7) is 2.09. The third-order valence-electron chi connectivity index (χ3n) is 2.65. The molecule has 0 aliphatic heterocycles. The minimum atomic E-state index is 0.194. The lowest BCUT2D eigenvalue weighted by molar-refractivity contribution is -0.115. The molecule has 1 aromatic heterocycles. The van der Waals surface area contributed by atoms with Gasteiger partial charge in [0.15, 0.2) is 5.78 Å². The number of nitrogens with zero attached hydrogens (tertiary/aromatic N) is 1. The molecule has 1 aliphatic rings. The lowest BCUT2D eigenvalue weighted by Crippen LogP contribution is -2.11. The molecule has 0 aromatic carbocycles. The molecule has 0 saturated heterocycles. The zero-order valence-electron chi connectivity index (χ0n) is 8.73. The van der Waals surface area contributed by atoms with Crippen LogP contribution in [0.25, 0.3) is 5.57 Å². The van der Waals surface area contributed by atoms with E-state index in [4.69, 9.17) is 5.73 Å². The van der Waals surface area contributed by atoms with Gasteiger partial charge in [-0.1, -0.05) is 6.92 Å². The van der Waals surface area contributed by atoms with Gasteiger partial charge in [0.1, 0.15) is 0 Å². The number of carbonyl (C=O) groups is 1. The molecule has 3 nitrogen and oxygen atoms in total. The molecule has 0 fully saturated rings. The number of ketones is 1. The lowest BCUT2D eigenvalue weighted by Gasteiger charge is -2.19. The molecule has 2 rings (SSSR count). The predicted octanol–water partition coefficient (Wildman–Crippen LogP) is 2.05. The van der Waals surface area contributed by atoms with Crippen LogP contribution >= 0.6 is 0 Å². The second kappa shape index (κ2) is 3.85. The van der Waals surface area contributed by atoms with Crippen LogP contribution in [-0.4, -0.2) is 10.8 Å². The van der Waals surface area contributed by atoms with Crippen LogP contribution in [0.3, 0.4) is 0 Å². The largest absolute Gasteiger partial charge is 0.397 e. The highest BCUT2D eigenvalue weighted by atomic mass is 16.1. The van der Waals surface area contributed by atoms with Crippen LogP contribution in [-0.2, 0) is 4.79 Å². The van der Waals surface area contributed by atoms with Crippen molar-refractivity contribution in [1.29, 1.82) is 0 Å². The second-order valence-electron chi connectivity index (χ2n) is 4.11. The van der Waals surface area contributed by atoms with E-state index in [1.54, 1.807) is 18.5 Å². The molecule has 1 aliphatic carbocycles. The number of aromatic nitrogens is 1. The summed E-state index contributed by atoms with van der Waals surface area (Å²) in [5.41, 5.74) is 8.46. The Kier molecular flexibility index (Phi) is 2.54. The van der Waals surface area contributed by atoms with Crippen molar-refractivity contribution in [3.05, 3.63) is 30.1 Å². The fourth-order valence-corrected chi connectivity index (χ4v) is 1.99. The maximum atomic E-state index is 11.4. The van der Waals surface area contributed by atoms with Crippen molar-refractivity contribution in [2.24, 2.45) is 5.92 Å². The summed E-state index contributed by atoms with van der Waals surface area (Å²) < 4.78 is 0. The minimum absolute atomic E-state index is 0.194. The van der Waals surface area contributed by atoms with Crippen LogP contribution in [0.2, 0.25) is 0 Å². The van der Waals surface area contributed by atoms with Gasteiger partial charge in [0.05, 0.1) is 11.9 Å². The highest BCUT2D eigenvalue weighted by Gasteiger charge is 2.18. The van der Waals surface area contributed by atoms with E-state index in [2.05, 4.69) is 11.9 Å². The van der Waals surface area contributed by atoms with E-state index in [0.29, 0.717) is 18.0 Å². The number of carbonyl (C=O) groups excluding carboxylic acids is 1. The van der Waals surface area contributed by atoms with Gasteiger partial charge in [-0.05, 0) is 30.1 Å². The average Bonchev–Trinajstić information content (AvgIpc) is 2.16. The summed E-state index contributed by atoms with van der Waals surface area (Å²) >= 11 is 0. The fourth-order valence-electron chi connectivity index (χ4n) is 1.99. The molecule has 0 bridgehead atoms. The van der Waals surface area contributed by atoms with Gasteiger partial charge in [0.25, 0.3) is 0 Å². The van der Waals surface area contributed by atoms with E-state index < -0.39 is 0 Å². The monoisotopic (exact) mass is 202 g/mol. The van der Waals surface area contributed by atoms with Crippen molar-refractivity contribution in [1.82, 2.24) is 4.98 Å². The molecule has 0 saturated carbocycles. The van der Waals surface area contributed by atoms with Gasteiger partial charge < -0.3 is 5.73 Å². The van der Waals surface area contributed by atoms with E-state index in [-0.39, 0.29) is 5.78 Å². The number of allylic oxidation sites excluding steroid dienone is 2. The number of anilines is 1. The van der Waals surface area contributed by atoms with Crippen molar-refractivity contribution < 1.29 is 4.79 Å². The molecule has 0 amide bonds. The first-order valence-electron chi connectivity index (χ1n) is 5.10. The molecular formula is C12H14N2O. The molecule has 1 heterocycles. The van der Waals surface area contributed by atoms with Gasteiger partial charge in [-0.25, -0.2) is 0 Å². The van der Waals surface area contributed by atoms with Crippen LogP contribution in [0.1, 0.15) is 25.3 Å². The highest BCUT2D eigenvalue weighted by Crippen LogP contribution is 2.31. The molecule has 2 N–H and O–H groups in total. The predicted molar refractivity (Wildman–Crippen MR) is 60.0 cm³/mol. The molecule has 1 aromatic rings. The first-order valence-corrected chi connectivity index (χ1v) is 5.10. The molecule has 78 valence electrons. The van der Waals surface area contributed by atoms with Crippen LogP contribution < -0.4 is 5.73 Å². The minimum Gasteiger partial charge on any atom is -0.397 e. The first kappa shape index (κ1) is 9.90. The van der Waals surface area contributed by atoms with Crippen molar-refractivity contribution in [2.45, 2.75) is 19.8 Å². The topological polar surface area (TPSA) is 56.0 Å². The normalized spacial score (nSPS) is 21.3. The number of hydrogen-bond donors (Lipinski definition) is 1. The maximum Gasteiger partial charge on any atom is 0.156 e. The molecular weight excluding hydrogens is 188 g/mol. The van der Waals surface area contributed by atoms with Gasteiger partial charge in [0.2, 0.25) is 0 Å². The Morgan fingerprint density at radius 2 is 2.27 bits per heavy atom. The fraction of sp³-hybridized carbons (Fsp3) is 0.333. The third kappa shape index (κ3) is 2.06. The Morgan fingerprint density at radius 1 is 1.47 bits per heavy atom. The average molecular weight is 202 g/mol. The Morgan fingerprint density at radius 3 is 2.93 bits per heavy atom. The van der Waals surface area contributed by atoms with Crippen molar-refractivity contribution in [3.63, 3.8) is 0 Å². The SMILES string of the molecule is CC1CC(=O)C=C(c2ccncc2N)C1. The van der Waals surface area contributed by atoms with Crippen LogP contribution in [0, 0.1) is 5.92 Å². The molecule has 1 atom stereocenters. The van der Waals surface area contributed by atoms with Crippen LogP contribution in [0.4, 0.5) is 5.69 Å². The van der Waals surface area contributed by atoms with Gasteiger partial charge in [-0.15, -0.1) is 0 Å². The Hall–Kier alpha value is -1.64. The molecule has 1 unspecified atom stereocenters. The number of hydrogen-bond acceptors (Lipinski definition) is 3. The van der Waals surface area contributed by atoms with Crippen LogP contribution in [0.5, 0.6) is 0 Å². The molecule has 0 radical (unpaired) electrons. The summed E-state index contributed by atoms with van der Waals surface area (Å²) in [5.74, 6) is 0.602. The first-order chi connectivity index (χ1) is 7.16. The Labute approximate surface area is 89.0 Å². The highest BCUT2D eigenvalue weighted by molar-refractivity contribution is 5.99. The number of pyridine rings is 1. The van der Waals surface area contributed by atoms with Gasteiger partial charge in [-0.2, -0.15) is 0 Å². The quantitative estimate of drug-likeness (QED) is 0.758. The number of nitrogens with two attached hydrogens (primary N) is 1. The summed E-state index contributed by atoms with van der Waals surface area (Å²) in [7, 11) is 0. The van der Waals surface area contributed by atoms with E-state index in [1.807, 2.05) is 6.07 Å². The Bertz CT molecular complexity index is 423. The smallest absolute Gasteiger partial charge is 0.156 e. The second-order valence-corrected chi connectivity index (χ2v) is 4.11. The standard InChI is InChI=1S/C12H14N2O/c1-8-4-9(6-10(15)5-8)11-2-3-14-7-12(11)13/h2-3,6-8H,4-5,13H2,1H3. The van der Waals surface area contributed by atoms with Crippen molar-refractivity contribution in [3.8, 4) is 0 Å². The van der Waals surface area contributed by atoms with E-state index >= 15 is 0 Å². The zero-order chi connectivity index (χ0) is 10.8. The summed E-state index contributed by atoms with van der Waals surface area (Å²) in [6.07, 6.45) is 6.61. The summed E-state index contributed by atoms with van der Waals surface area (Å²) in [6, 6.07) is 1.87. The molecule has 0 spiro atoms. The maximum absolute atomic E-state index is 11.4. The lowest BCUT2D eigenvalue weighted by atomic mass is 9.86. The van der Waals surface area contributed by atoms with E-state index in [1.165, 1.54) is 0 Å². The van der Waals surface area contributed by atoms with Gasteiger partial charge in [-0.3, -0.25) is 9.78 Å². The third-order valence-corrected chi connectivity index (χ3v) is 2.65. The van der Waals surface area contributed by atoms with Crippen molar-refractivity contribution >= 4 is 17.0 Å². The number of nitrogen functional groups attached to an aromatic ring is 1. The van der Waals surface area contributed by atoms with E-state index in [9.17, 15) is 4.79 Å². The summed E-state index contributed by atoms with van der Waals surface area (Å²) in [4.78, 5) is 15.4. The van der Waals surface area contributed by atoms with Crippen molar-refractivity contribution in [2.75, 3.05) is 5.73 Å². The van der Waals surface area contributed by atoms with Crippen LogP contribution in [0.15, 0.2) is 24.5 Å². The van der Waals surface area contributed by atoms with Gasteiger partial charge >= 0.3 is 0 Å². The molecule has 15 heavy (non-hydrogen) atoms. The van der Waals surface area contributed by atoms with E-state index in [0.717, 1.165) is 17.6 Å². The Balaban J connectivity index is 2.39.